The van der Waals surface area contributed by atoms with Gasteiger partial charge in [-0.25, -0.2) is 0 Å². The van der Waals surface area contributed by atoms with Gasteiger partial charge in [0.1, 0.15) is 12.4 Å². The van der Waals surface area contributed by atoms with Gasteiger partial charge in [0.05, 0.1) is 24.8 Å². The maximum atomic E-state index is 8.68. The van der Waals surface area contributed by atoms with E-state index >= 15 is 0 Å². The first-order valence-electron chi connectivity index (χ1n) is 6.24. The molecule has 0 aliphatic rings. The first kappa shape index (κ1) is 14.4. The summed E-state index contributed by atoms with van der Waals surface area (Å²) in [6.07, 6.45) is 0. The Bertz CT molecular complexity index is 590. The van der Waals surface area contributed by atoms with E-state index in [2.05, 4.69) is 6.07 Å². The van der Waals surface area contributed by atoms with Crippen LogP contribution < -0.4 is 4.74 Å². The van der Waals surface area contributed by atoms with Crippen LogP contribution in [0, 0.1) is 11.3 Å². The molecule has 0 N–H and O–H groups in total. The molecule has 0 aliphatic carbocycles. The smallest absolute Gasteiger partial charge is 0.119 e. The molecule has 0 spiro atoms. The van der Waals surface area contributed by atoms with Gasteiger partial charge in [-0.2, -0.15) is 5.26 Å². The van der Waals surface area contributed by atoms with Crippen molar-refractivity contribution < 1.29 is 9.47 Å². The Morgan fingerprint density at radius 2 is 1.75 bits per heavy atom. The van der Waals surface area contributed by atoms with Gasteiger partial charge in [0.15, 0.2) is 0 Å². The van der Waals surface area contributed by atoms with E-state index in [-0.39, 0.29) is 0 Å². The standard InChI is InChI=1S/C16H14ClNO2/c17-16-4-2-1-3-14(16)12-19-9-10-20-15-7-5-13(11-18)6-8-15/h1-8H,9-10,12H2. The zero-order valence-electron chi connectivity index (χ0n) is 10.9. The Labute approximate surface area is 123 Å². The molecule has 2 rings (SSSR count). The van der Waals surface area contributed by atoms with Crippen molar-refractivity contribution in [3.63, 3.8) is 0 Å². The van der Waals surface area contributed by atoms with Gasteiger partial charge in [0, 0.05) is 5.02 Å². The van der Waals surface area contributed by atoms with E-state index < -0.39 is 0 Å². The van der Waals surface area contributed by atoms with Crippen LogP contribution in [0.25, 0.3) is 0 Å². The zero-order chi connectivity index (χ0) is 14.2. The topological polar surface area (TPSA) is 42.2 Å². The van der Waals surface area contributed by atoms with Gasteiger partial charge in [-0.1, -0.05) is 29.8 Å². The maximum Gasteiger partial charge on any atom is 0.119 e. The first-order valence-corrected chi connectivity index (χ1v) is 6.61. The lowest BCUT2D eigenvalue weighted by atomic mass is 10.2. The number of ether oxygens (including phenoxy) is 2. The Balaban J connectivity index is 1.69. The third-order valence-electron chi connectivity index (χ3n) is 2.70. The quantitative estimate of drug-likeness (QED) is 0.759. The lowest BCUT2D eigenvalue weighted by Crippen LogP contribution is -2.06. The second kappa shape index (κ2) is 7.54. The highest BCUT2D eigenvalue weighted by Crippen LogP contribution is 2.15. The van der Waals surface area contributed by atoms with Crippen LogP contribution in [-0.4, -0.2) is 13.2 Å². The summed E-state index contributed by atoms with van der Waals surface area (Å²) >= 11 is 6.02. The van der Waals surface area contributed by atoms with Crippen LogP contribution in [0.3, 0.4) is 0 Å². The van der Waals surface area contributed by atoms with Crippen LogP contribution in [-0.2, 0) is 11.3 Å². The molecule has 20 heavy (non-hydrogen) atoms. The molecule has 2 aromatic carbocycles. The maximum absolute atomic E-state index is 8.68. The van der Waals surface area contributed by atoms with Gasteiger partial charge < -0.3 is 9.47 Å². The van der Waals surface area contributed by atoms with Crippen LogP contribution in [0.15, 0.2) is 48.5 Å². The fourth-order valence-corrected chi connectivity index (χ4v) is 1.83. The van der Waals surface area contributed by atoms with Gasteiger partial charge in [0.25, 0.3) is 0 Å². The highest BCUT2D eigenvalue weighted by atomic mass is 35.5. The molecule has 0 saturated heterocycles. The molecule has 0 fully saturated rings. The van der Waals surface area contributed by atoms with Crippen molar-refractivity contribution in [2.75, 3.05) is 13.2 Å². The molecule has 0 amide bonds. The highest BCUT2D eigenvalue weighted by molar-refractivity contribution is 6.31. The Kier molecular flexibility index (Phi) is 5.43. The van der Waals surface area contributed by atoms with E-state index in [4.69, 9.17) is 26.3 Å². The van der Waals surface area contributed by atoms with E-state index in [1.54, 1.807) is 24.3 Å². The highest BCUT2D eigenvalue weighted by Gasteiger charge is 1.99. The summed E-state index contributed by atoms with van der Waals surface area (Å²) in [5.74, 6) is 0.727. The van der Waals surface area contributed by atoms with Crippen molar-refractivity contribution in [1.29, 1.82) is 5.26 Å². The van der Waals surface area contributed by atoms with E-state index in [9.17, 15) is 0 Å². The summed E-state index contributed by atoms with van der Waals surface area (Å²) in [5.41, 5.74) is 1.58. The minimum Gasteiger partial charge on any atom is -0.491 e. The average Bonchev–Trinajstić information content (AvgIpc) is 2.49. The van der Waals surface area contributed by atoms with Crippen LogP contribution in [0.4, 0.5) is 0 Å². The fraction of sp³-hybridized carbons (Fsp3) is 0.188. The monoisotopic (exact) mass is 287 g/mol. The predicted molar refractivity (Wildman–Crippen MR) is 77.8 cm³/mol. The van der Waals surface area contributed by atoms with Gasteiger partial charge in [-0.3, -0.25) is 0 Å². The second-order valence-electron chi connectivity index (χ2n) is 4.13. The van der Waals surface area contributed by atoms with Gasteiger partial charge in [-0.15, -0.1) is 0 Å². The summed E-state index contributed by atoms with van der Waals surface area (Å²) in [4.78, 5) is 0. The number of hydrogen-bond donors (Lipinski definition) is 0. The van der Waals surface area contributed by atoms with Gasteiger partial charge in [0.2, 0.25) is 0 Å². The van der Waals surface area contributed by atoms with Crippen molar-refractivity contribution in [2.24, 2.45) is 0 Å². The third-order valence-corrected chi connectivity index (χ3v) is 3.06. The zero-order valence-corrected chi connectivity index (χ0v) is 11.6. The van der Waals surface area contributed by atoms with Crippen LogP contribution in [0.1, 0.15) is 11.1 Å². The Morgan fingerprint density at radius 3 is 2.45 bits per heavy atom. The van der Waals surface area contributed by atoms with Crippen LogP contribution in [0.2, 0.25) is 5.02 Å². The van der Waals surface area contributed by atoms with Crippen molar-refractivity contribution in [3.8, 4) is 11.8 Å². The van der Waals surface area contributed by atoms with E-state index in [0.29, 0.717) is 30.4 Å². The fourth-order valence-electron chi connectivity index (χ4n) is 1.64. The molecule has 0 atom stereocenters. The molecular weight excluding hydrogens is 274 g/mol. The molecular formula is C16H14ClNO2. The molecule has 0 unspecified atom stereocenters. The summed E-state index contributed by atoms with van der Waals surface area (Å²) in [6, 6.07) is 16.6. The first-order chi connectivity index (χ1) is 9.79. The van der Waals surface area contributed by atoms with Gasteiger partial charge >= 0.3 is 0 Å². The minimum absolute atomic E-state index is 0.455. The summed E-state index contributed by atoms with van der Waals surface area (Å²) in [5, 5.41) is 9.39. The Hall–Kier alpha value is -2.02. The van der Waals surface area contributed by atoms with Crippen molar-refractivity contribution in [1.82, 2.24) is 0 Å². The lowest BCUT2D eigenvalue weighted by Gasteiger charge is -2.08. The second-order valence-corrected chi connectivity index (χ2v) is 4.54. The summed E-state index contributed by atoms with van der Waals surface area (Å²) in [6.45, 7) is 1.40. The van der Waals surface area contributed by atoms with E-state index in [0.717, 1.165) is 11.3 Å². The Morgan fingerprint density at radius 1 is 1.00 bits per heavy atom. The molecule has 0 aliphatic heterocycles. The molecule has 0 heterocycles. The largest absolute Gasteiger partial charge is 0.491 e. The number of halogens is 1. The average molecular weight is 288 g/mol. The van der Waals surface area contributed by atoms with Crippen molar-refractivity contribution >= 4 is 11.6 Å². The minimum atomic E-state index is 0.455. The van der Waals surface area contributed by atoms with Gasteiger partial charge in [-0.05, 0) is 35.9 Å². The molecule has 0 aromatic heterocycles. The number of rotatable bonds is 6. The normalized spacial score (nSPS) is 10.0. The number of nitriles is 1. The number of hydrogen-bond acceptors (Lipinski definition) is 3. The van der Waals surface area contributed by atoms with Crippen LogP contribution >= 0.6 is 11.6 Å². The molecule has 0 bridgehead atoms. The molecule has 102 valence electrons. The number of benzene rings is 2. The van der Waals surface area contributed by atoms with E-state index in [1.165, 1.54) is 0 Å². The molecule has 0 radical (unpaired) electrons. The summed E-state index contributed by atoms with van der Waals surface area (Å²) in [7, 11) is 0. The molecule has 0 saturated carbocycles. The number of nitrogens with zero attached hydrogens (tertiary/aromatic N) is 1. The van der Waals surface area contributed by atoms with Crippen LogP contribution in [0.5, 0.6) is 5.75 Å². The molecule has 4 heteroatoms. The third kappa shape index (κ3) is 4.27. The van der Waals surface area contributed by atoms with Crippen molar-refractivity contribution in [3.05, 3.63) is 64.7 Å². The molecule has 3 nitrogen and oxygen atoms in total. The van der Waals surface area contributed by atoms with E-state index in [1.807, 2.05) is 24.3 Å². The molecule has 2 aromatic rings. The summed E-state index contributed by atoms with van der Waals surface area (Å²) < 4.78 is 11.0. The van der Waals surface area contributed by atoms with Crippen molar-refractivity contribution in [2.45, 2.75) is 6.61 Å². The lowest BCUT2D eigenvalue weighted by molar-refractivity contribution is 0.0889. The predicted octanol–water partition coefficient (Wildman–Crippen LogP) is 3.81. The SMILES string of the molecule is N#Cc1ccc(OCCOCc2ccccc2Cl)cc1.